The molecule has 0 atom stereocenters. The van der Waals surface area contributed by atoms with Crippen molar-refractivity contribution in [2.75, 3.05) is 0 Å². The summed E-state index contributed by atoms with van der Waals surface area (Å²) < 4.78 is 6.73. The standard InChI is InChI=1S/C15H14IN3O3/c1-9-17-13-5-3-2-4-11(13)15(18-9)22-14-8-10(19(20)21)6-7-12(14)16/h6-8H,2-5H2,1H3. The van der Waals surface area contributed by atoms with Crippen molar-refractivity contribution in [2.45, 2.75) is 32.6 Å². The van der Waals surface area contributed by atoms with E-state index in [1.54, 1.807) is 6.07 Å². The number of benzene rings is 1. The number of non-ortho nitro benzene ring substituents is 1. The Labute approximate surface area is 141 Å². The molecule has 0 amide bonds. The Bertz CT molecular complexity index is 749. The van der Waals surface area contributed by atoms with Gasteiger partial charge in [0.15, 0.2) is 0 Å². The summed E-state index contributed by atoms with van der Waals surface area (Å²) >= 11 is 2.10. The van der Waals surface area contributed by atoms with Crippen LogP contribution in [0.1, 0.15) is 29.9 Å². The number of nitrogens with zero attached hydrogens (tertiary/aromatic N) is 3. The van der Waals surface area contributed by atoms with Crippen LogP contribution in [-0.4, -0.2) is 14.9 Å². The Morgan fingerprint density at radius 2 is 2.05 bits per heavy atom. The molecule has 0 aliphatic heterocycles. The fourth-order valence-corrected chi connectivity index (χ4v) is 3.00. The summed E-state index contributed by atoms with van der Waals surface area (Å²) in [6.45, 7) is 1.83. The Morgan fingerprint density at radius 1 is 1.27 bits per heavy atom. The lowest BCUT2D eigenvalue weighted by molar-refractivity contribution is -0.384. The zero-order valence-corrected chi connectivity index (χ0v) is 14.2. The van der Waals surface area contributed by atoms with Crippen LogP contribution in [0.5, 0.6) is 11.6 Å². The predicted molar refractivity (Wildman–Crippen MR) is 89.3 cm³/mol. The van der Waals surface area contributed by atoms with Gasteiger partial charge in [0.05, 0.1) is 20.3 Å². The number of aromatic nitrogens is 2. The van der Waals surface area contributed by atoms with Crippen molar-refractivity contribution in [3.63, 3.8) is 0 Å². The van der Waals surface area contributed by atoms with Gasteiger partial charge in [0.2, 0.25) is 5.88 Å². The lowest BCUT2D eigenvalue weighted by Gasteiger charge is -2.18. The number of nitro benzene ring substituents is 1. The first-order valence-corrected chi connectivity index (χ1v) is 8.10. The highest BCUT2D eigenvalue weighted by Gasteiger charge is 2.20. The zero-order chi connectivity index (χ0) is 15.7. The molecular weight excluding hydrogens is 397 g/mol. The van der Waals surface area contributed by atoms with E-state index in [9.17, 15) is 10.1 Å². The molecule has 7 heteroatoms. The van der Waals surface area contributed by atoms with Crippen molar-refractivity contribution >= 4 is 28.3 Å². The summed E-state index contributed by atoms with van der Waals surface area (Å²) in [4.78, 5) is 19.4. The van der Waals surface area contributed by atoms with E-state index in [0.717, 1.165) is 40.5 Å². The highest BCUT2D eigenvalue weighted by molar-refractivity contribution is 14.1. The van der Waals surface area contributed by atoms with Crippen molar-refractivity contribution in [1.29, 1.82) is 0 Å². The van der Waals surface area contributed by atoms with Gasteiger partial charge in [0.25, 0.3) is 5.69 Å². The van der Waals surface area contributed by atoms with Crippen molar-refractivity contribution in [3.05, 3.63) is 49.0 Å². The van der Waals surface area contributed by atoms with Crippen molar-refractivity contribution in [2.24, 2.45) is 0 Å². The van der Waals surface area contributed by atoms with Crippen LogP contribution in [0.4, 0.5) is 5.69 Å². The molecule has 1 heterocycles. The zero-order valence-electron chi connectivity index (χ0n) is 12.0. The molecule has 1 aromatic carbocycles. The summed E-state index contributed by atoms with van der Waals surface area (Å²) in [5.41, 5.74) is 2.07. The van der Waals surface area contributed by atoms with Crippen LogP contribution in [0.2, 0.25) is 0 Å². The quantitative estimate of drug-likeness (QED) is 0.434. The van der Waals surface area contributed by atoms with E-state index in [1.165, 1.54) is 12.1 Å². The van der Waals surface area contributed by atoms with Gasteiger partial charge < -0.3 is 4.74 Å². The first-order chi connectivity index (χ1) is 10.5. The average molecular weight is 411 g/mol. The number of fused-ring (bicyclic) bond motifs is 1. The second kappa shape index (κ2) is 6.15. The minimum Gasteiger partial charge on any atom is -0.437 e. The van der Waals surface area contributed by atoms with Crippen molar-refractivity contribution in [3.8, 4) is 11.6 Å². The van der Waals surface area contributed by atoms with Gasteiger partial charge in [-0.15, -0.1) is 0 Å². The third-order valence-electron chi connectivity index (χ3n) is 3.59. The molecule has 0 bridgehead atoms. The molecule has 0 spiro atoms. The van der Waals surface area contributed by atoms with Crippen LogP contribution in [0.15, 0.2) is 18.2 Å². The minimum atomic E-state index is -0.427. The normalized spacial score (nSPS) is 13.5. The van der Waals surface area contributed by atoms with E-state index in [2.05, 4.69) is 32.6 Å². The predicted octanol–water partition coefficient (Wildman–Crippen LogP) is 3.97. The lowest BCUT2D eigenvalue weighted by Crippen LogP contribution is -2.10. The topological polar surface area (TPSA) is 78.2 Å². The molecule has 114 valence electrons. The molecule has 6 nitrogen and oxygen atoms in total. The first-order valence-electron chi connectivity index (χ1n) is 7.03. The Balaban J connectivity index is 2.01. The van der Waals surface area contributed by atoms with E-state index >= 15 is 0 Å². The van der Waals surface area contributed by atoms with Crippen LogP contribution in [0, 0.1) is 20.6 Å². The summed E-state index contributed by atoms with van der Waals surface area (Å²) in [6, 6.07) is 4.58. The number of halogens is 1. The Morgan fingerprint density at radius 3 is 2.82 bits per heavy atom. The maximum Gasteiger partial charge on any atom is 0.273 e. The van der Waals surface area contributed by atoms with E-state index in [0.29, 0.717) is 17.5 Å². The van der Waals surface area contributed by atoms with E-state index < -0.39 is 4.92 Å². The number of aryl methyl sites for hydroxylation is 2. The molecule has 3 rings (SSSR count). The third kappa shape index (κ3) is 3.03. The van der Waals surface area contributed by atoms with Crippen molar-refractivity contribution in [1.82, 2.24) is 9.97 Å². The van der Waals surface area contributed by atoms with Gasteiger partial charge in [-0.25, -0.2) is 4.98 Å². The van der Waals surface area contributed by atoms with E-state index in [4.69, 9.17) is 4.74 Å². The van der Waals surface area contributed by atoms with Gasteiger partial charge in [0.1, 0.15) is 11.6 Å². The van der Waals surface area contributed by atoms with Gasteiger partial charge in [-0.1, -0.05) is 0 Å². The van der Waals surface area contributed by atoms with E-state index in [-0.39, 0.29) is 5.69 Å². The Hall–Kier alpha value is -1.77. The van der Waals surface area contributed by atoms with Gasteiger partial charge in [0, 0.05) is 11.6 Å². The second-order valence-corrected chi connectivity index (χ2v) is 6.34. The maximum absolute atomic E-state index is 10.9. The largest absolute Gasteiger partial charge is 0.437 e. The van der Waals surface area contributed by atoms with E-state index in [1.807, 2.05) is 6.92 Å². The Kier molecular flexibility index (Phi) is 4.23. The number of hydrogen-bond donors (Lipinski definition) is 0. The summed E-state index contributed by atoms with van der Waals surface area (Å²) in [5, 5.41) is 10.9. The van der Waals surface area contributed by atoms with Crippen molar-refractivity contribution < 1.29 is 9.66 Å². The fraction of sp³-hybridized carbons (Fsp3) is 0.333. The number of hydrogen-bond acceptors (Lipinski definition) is 5. The lowest BCUT2D eigenvalue weighted by atomic mass is 9.97. The molecule has 0 N–H and O–H groups in total. The maximum atomic E-state index is 10.9. The molecule has 0 unspecified atom stereocenters. The monoisotopic (exact) mass is 411 g/mol. The summed E-state index contributed by atoms with van der Waals surface area (Å²) in [7, 11) is 0. The summed E-state index contributed by atoms with van der Waals surface area (Å²) in [5.74, 6) is 1.65. The van der Waals surface area contributed by atoms with Gasteiger partial charge >= 0.3 is 0 Å². The van der Waals surface area contributed by atoms with Crippen LogP contribution in [0.25, 0.3) is 0 Å². The highest BCUT2D eigenvalue weighted by Crippen LogP contribution is 2.34. The fourth-order valence-electron chi connectivity index (χ4n) is 2.55. The average Bonchev–Trinajstić information content (AvgIpc) is 2.49. The second-order valence-electron chi connectivity index (χ2n) is 5.18. The summed E-state index contributed by atoms with van der Waals surface area (Å²) in [6.07, 6.45) is 4.02. The molecule has 1 aromatic heterocycles. The smallest absolute Gasteiger partial charge is 0.273 e. The molecule has 1 aliphatic rings. The van der Waals surface area contributed by atoms with Gasteiger partial charge in [-0.2, -0.15) is 4.98 Å². The number of rotatable bonds is 3. The number of ether oxygens (including phenoxy) is 1. The third-order valence-corrected chi connectivity index (χ3v) is 4.48. The highest BCUT2D eigenvalue weighted by atomic mass is 127. The SMILES string of the molecule is Cc1nc2c(c(Oc3cc([N+](=O)[O-])ccc3I)n1)CCCC2. The van der Waals surface area contributed by atoms with Crippen LogP contribution in [-0.2, 0) is 12.8 Å². The van der Waals surface area contributed by atoms with Crippen LogP contribution >= 0.6 is 22.6 Å². The molecule has 2 aromatic rings. The van der Waals surface area contributed by atoms with Crippen LogP contribution in [0.3, 0.4) is 0 Å². The molecule has 1 aliphatic carbocycles. The molecular formula is C15H14IN3O3. The van der Waals surface area contributed by atoms with Crippen LogP contribution < -0.4 is 4.74 Å². The minimum absolute atomic E-state index is 0.00932. The molecule has 0 fully saturated rings. The molecule has 0 saturated carbocycles. The molecule has 0 saturated heterocycles. The van der Waals surface area contributed by atoms with Gasteiger partial charge in [-0.05, 0) is 61.3 Å². The first kappa shape index (κ1) is 15.1. The van der Waals surface area contributed by atoms with Gasteiger partial charge in [-0.3, -0.25) is 10.1 Å². The molecule has 0 radical (unpaired) electrons. The molecule has 22 heavy (non-hydrogen) atoms. The number of nitro groups is 1.